The van der Waals surface area contributed by atoms with Crippen molar-refractivity contribution >= 4 is 11.6 Å². The number of benzene rings is 1. The zero-order valence-corrected chi connectivity index (χ0v) is 12.6. The van der Waals surface area contributed by atoms with Gasteiger partial charge in [-0.1, -0.05) is 30.9 Å². The molecule has 0 aromatic heterocycles. The van der Waals surface area contributed by atoms with Gasteiger partial charge in [0.2, 0.25) is 0 Å². The lowest BCUT2D eigenvalue weighted by Gasteiger charge is -2.32. The first-order valence-electron chi connectivity index (χ1n) is 6.99. The van der Waals surface area contributed by atoms with Gasteiger partial charge in [0.05, 0.1) is 17.7 Å². The van der Waals surface area contributed by atoms with Crippen LogP contribution in [0.25, 0.3) is 0 Å². The molecule has 20 heavy (non-hydrogen) atoms. The molecule has 0 spiro atoms. The molecule has 0 bridgehead atoms. The van der Waals surface area contributed by atoms with Crippen LogP contribution in [0, 0.1) is 0 Å². The summed E-state index contributed by atoms with van der Waals surface area (Å²) in [5, 5.41) is 10.9. The van der Waals surface area contributed by atoms with Gasteiger partial charge < -0.3 is 20.3 Å². The molecule has 1 aliphatic carbocycles. The highest BCUT2D eigenvalue weighted by Crippen LogP contribution is 2.38. The number of hydrogen-bond donors (Lipinski definition) is 2. The number of aliphatic hydroxyl groups is 1. The van der Waals surface area contributed by atoms with Gasteiger partial charge in [0, 0.05) is 6.54 Å². The van der Waals surface area contributed by atoms with E-state index < -0.39 is 5.60 Å². The van der Waals surface area contributed by atoms with Gasteiger partial charge in [-0.15, -0.1) is 0 Å². The Balaban J connectivity index is 2.12. The molecule has 1 aliphatic rings. The average molecular weight is 300 g/mol. The summed E-state index contributed by atoms with van der Waals surface area (Å²) in [6, 6.07) is 3.58. The molecule has 4 nitrogen and oxygen atoms in total. The average Bonchev–Trinajstić information content (AvgIpc) is 2.46. The fourth-order valence-electron chi connectivity index (χ4n) is 2.59. The summed E-state index contributed by atoms with van der Waals surface area (Å²) in [5.41, 5.74) is 5.74. The molecule has 0 amide bonds. The number of methoxy groups -OCH3 is 1. The molecule has 0 saturated heterocycles. The first kappa shape index (κ1) is 15.4. The van der Waals surface area contributed by atoms with E-state index in [0.717, 1.165) is 31.2 Å². The van der Waals surface area contributed by atoms with Crippen LogP contribution in [0.3, 0.4) is 0 Å². The second-order valence-electron chi connectivity index (χ2n) is 5.39. The molecule has 2 rings (SSSR count). The van der Waals surface area contributed by atoms with Crippen molar-refractivity contribution in [1.29, 1.82) is 0 Å². The Morgan fingerprint density at radius 2 is 2.00 bits per heavy atom. The molecule has 0 aliphatic heterocycles. The Morgan fingerprint density at radius 3 is 2.60 bits per heavy atom. The predicted octanol–water partition coefficient (Wildman–Crippen LogP) is 2.88. The van der Waals surface area contributed by atoms with Crippen LogP contribution in [-0.4, -0.2) is 24.4 Å². The molecule has 1 saturated carbocycles. The largest absolute Gasteiger partial charge is 0.493 e. The van der Waals surface area contributed by atoms with Gasteiger partial charge in [0.1, 0.15) is 6.61 Å². The number of ether oxygens (including phenoxy) is 2. The van der Waals surface area contributed by atoms with Gasteiger partial charge >= 0.3 is 0 Å². The van der Waals surface area contributed by atoms with E-state index in [9.17, 15) is 5.11 Å². The SMILES string of the molecule is COc1cc(CN)cc(Cl)c1OCC1(O)CCCCC1. The van der Waals surface area contributed by atoms with E-state index in [2.05, 4.69) is 0 Å². The minimum absolute atomic E-state index is 0.241. The van der Waals surface area contributed by atoms with Crippen LogP contribution in [0.2, 0.25) is 5.02 Å². The quantitative estimate of drug-likeness (QED) is 0.877. The summed E-state index contributed by atoms with van der Waals surface area (Å²) in [6.45, 7) is 0.630. The summed E-state index contributed by atoms with van der Waals surface area (Å²) in [6.07, 6.45) is 4.80. The Kier molecular flexibility index (Phi) is 5.13. The molecular weight excluding hydrogens is 278 g/mol. The summed E-state index contributed by atoms with van der Waals surface area (Å²) >= 11 is 6.21. The summed E-state index contributed by atoms with van der Waals surface area (Å²) < 4.78 is 11.0. The van der Waals surface area contributed by atoms with Crippen LogP contribution in [0.1, 0.15) is 37.7 Å². The van der Waals surface area contributed by atoms with E-state index in [0.29, 0.717) is 23.1 Å². The predicted molar refractivity (Wildman–Crippen MR) is 79.4 cm³/mol. The van der Waals surface area contributed by atoms with Crippen LogP contribution in [0.15, 0.2) is 12.1 Å². The smallest absolute Gasteiger partial charge is 0.179 e. The third-order valence-electron chi connectivity index (χ3n) is 3.79. The molecule has 5 heteroatoms. The standard InChI is InChI=1S/C15H22ClNO3/c1-19-13-8-11(9-17)7-12(16)14(13)20-10-15(18)5-3-2-4-6-15/h7-8,18H,2-6,9-10,17H2,1H3. The molecule has 3 N–H and O–H groups in total. The first-order chi connectivity index (χ1) is 9.58. The Hall–Kier alpha value is -0.970. The fourth-order valence-corrected chi connectivity index (χ4v) is 2.88. The lowest BCUT2D eigenvalue weighted by molar-refractivity contribution is -0.0343. The monoisotopic (exact) mass is 299 g/mol. The Bertz CT molecular complexity index is 459. The maximum absolute atomic E-state index is 10.5. The highest BCUT2D eigenvalue weighted by atomic mass is 35.5. The maximum Gasteiger partial charge on any atom is 0.179 e. The van der Waals surface area contributed by atoms with Crippen molar-refractivity contribution < 1.29 is 14.6 Å². The van der Waals surface area contributed by atoms with Crippen LogP contribution >= 0.6 is 11.6 Å². The molecule has 0 radical (unpaired) electrons. The van der Waals surface area contributed by atoms with Gasteiger partial charge in [-0.05, 0) is 30.5 Å². The Morgan fingerprint density at radius 1 is 1.30 bits per heavy atom. The topological polar surface area (TPSA) is 64.7 Å². The summed E-state index contributed by atoms with van der Waals surface area (Å²) in [7, 11) is 1.56. The number of hydrogen-bond acceptors (Lipinski definition) is 4. The maximum atomic E-state index is 10.5. The lowest BCUT2D eigenvalue weighted by atomic mass is 9.85. The second-order valence-corrected chi connectivity index (χ2v) is 5.79. The molecule has 1 aromatic carbocycles. The molecule has 0 atom stereocenters. The van der Waals surface area contributed by atoms with E-state index >= 15 is 0 Å². The minimum atomic E-state index is -0.751. The zero-order valence-electron chi connectivity index (χ0n) is 11.8. The van der Waals surface area contributed by atoms with Gasteiger partial charge in [-0.3, -0.25) is 0 Å². The normalized spacial score (nSPS) is 17.8. The van der Waals surface area contributed by atoms with Crippen LogP contribution in [0.5, 0.6) is 11.5 Å². The molecule has 0 unspecified atom stereocenters. The highest BCUT2D eigenvalue weighted by Gasteiger charge is 2.30. The van der Waals surface area contributed by atoms with Crippen molar-refractivity contribution in [3.8, 4) is 11.5 Å². The van der Waals surface area contributed by atoms with E-state index in [4.69, 9.17) is 26.8 Å². The van der Waals surface area contributed by atoms with Crippen molar-refractivity contribution in [2.24, 2.45) is 5.73 Å². The van der Waals surface area contributed by atoms with Crippen molar-refractivity contribution in [3.63, 3.8) is 0 Å². The molecule has 1 aromatic rings. The van der Waals surface area contributed by atoms with Crippen molar-refractivity contribution in [2.45, 2.75) is 44.2 Å². The lowest BCUT2D eigenvalue weighted by Crippen LogP contribution is -2.38. The zero-order chi connectivity index (χ0) is 14.6. The van der Waals surface area contributed by atoms with Gasteiger partial charge in [-0.25, -0.2) is 0 Å². The van der Waals surface area contributed by atoms with Gasteiger partial charge in [0.25, 0.3) is 0 Å². The van der Waals surface area contributed by atoms with Gasteiger partial charge in [0.15, 0.2) is 11.5 Å². The fraction of sp³-hybridized carbons (Fsp3) is 0.600. The van der Waals surface area contributed by atoms with E-state index in [1.165, 1.54) is 6.42 Å². The van der Waals surface area contributed by atoms with Crippen molar-refractivity contribution in [2.75, 3.05) is 13.7 Å². The van der Waals surface area contributed by atoms with Crippen LogP contribution < -0.4 is 15.2 Å². The number of nitrogens with two attached hydrogens (primary N) is 1. The third-order valence-corrected chi connectivity index (χ3v) is 4.08. The highest BCUT2D eigenvalue weighted by molar-refractivity contribution is 6.32. The molecule has 0 heterocycles. The van der Waals surface area contributed by atoms with E-state index in [1.54, 1.807) is 13.2 Å². The summed E-state index contributed by atoms with van der Waals surface area (Å²) in [4.78, 5) is 0. The summed E-state index contributed by atoms with van der Waals surface area (Å²) in [5.74, 6) is 1.03. The van der Waals surface area contributed by atoms with Crippen molar-refractivity contribution in [1.82, 2.24) is 0 Å². The van der Waals surface area contributed by atoms with Crippen LogP contribution in [-0.2, 0) is 6.54 Å². The van der Waals surface area contributed by atoms with Crippen LogP contribution in [0.4, 0.5) is 0 Å². The van der Waals surface area contributed by atoms with Crippen molar-refractivity contribution in [3.05, 3.63) is 22.7 Å². The molecular formula is C15H22ClNO3. The third kappa shape index (κ3) is 3.57. The van der Waals surface area contributed by atoms with E-state index in [-0.39, 0.29) is 6.61 Å². The van der Waals surface area contributed by atoms with E-state index in [1.807, 2.05) is 6.07 Å². The van der Waals surface area contributed by atoms with Gasteiger partial charge in [-0.2, -0.15) is 0 Å². The Labute approximate surface area is 124 Å². The number of rotatable bonds is 5. The second kappa shape index (κ2) is 6.66. The molecule has 1 fully saturated rings. The molecule has 112 valence electrons. The minimum Gasteiger partial charge on any atom is -0.493 e. The number of halogens is 1. The first-order valence-corrected chi connectivity index (χ1v) is 7.37.